The molecule has 0 N–H and O–H groups in total. The number of hydrogen-bond donors (Lipinski definition) is 0. The Morgan fingerprint density at radius 1 is 0.850 bits per heavy atom. The first-order chi connectivity index (χ1) is 9.51. The highest BCUT2D eigenvalue weighted by Gasteiger charge is 2.05. The van der Waals surface area contributed by atoms with E-state index in [0.29, 0.717) is 16.9 Å². The van der Waals surface area contributed by atoms with Crippen molar-refractivity contribution in [2.24, 2.45) is 0 Å². The van der Waals surface area contributed by atoms with Gasteiger partial charge in [0.2, 0.25) is 0 Å². The van der Waals surface area contributed by atoms with Crippen LogP contribution >= 0.6 is 0 Å². The lowest BCUT2D eigenvalue weighted by Crippen LogP contribution is -2.22. The van der Waals surface area contributed by atoms with Gasteiger partial charge in [-0.25, -0.2) is 0 Å². The van der Waals surface area contributed by atoms with Crippen molar-refractivity contribution in [3.05, 3.63) is 53.6 Å². The van der Waals surface area contributed by atoms with Gasteiger partial charge < -0.3 is 24.5 Å². The molecule has 0 aliphatic carbocycles. The third kappa shape index (κ3) is 2.77. The van der Waals surface area contributed by atoms with Gasteiger partial charge >= 0.3 is 0 Å². The van der Waals surface area contributed by atoms with Crippen LogP contribution in [0.3, 0.4) is 0 Å². The Bertz CT molecular complexity index is 658. The fraction of sp³-hybridized carbons (Fsp3) is 0.0667. The van der Waals surface area contributed by atoms with Crippen LogP contribution in [0.1, 0.15) is 20.7 Å². The SMILES string of the molecule is COc1cc(C(=O)[O-])cc(-c2ccc(C(=O)[O-])cc2)c1. The lowest BCUT2D eigenvalue weighted by atomic mass is 10.0. The Morgan fingerprint density at radius 2 is 1.45 bits per heavy atom. The van der Waals surface area contributed by atoms with E-state index in [2.05, 4.69) is 0 Å². The van der Waals surface area contributed by atoms with Crippen LogP contribution in [0.5, 0.6) is 5.75 Å². The summed E-state index contributed by atoms with van der Waals surface area (Å²) in [6.45, 7) is 0. The summed E-state index contributed by atoms with van der Waals surface area (Å²) in [7, 11) is 1.43. The van der Waals surface area contributed by atoms with Gasteiger partial charge in [-0.1, -0.05) is 24.3 Å². The molecule has 0 aliphatic heterocycles. The highest BCUT2D eigenvalue weighted by atomic mass is 16.5. The molecule has 5 nitrogen and oxygen atoms in total. The van der Waals surface area contributed by atoms with Gasteiger partial charge in [-0.05, 0) is 34.9 Å². The number of carboxylic acids is 2. The number of carboxylic acid groups (broad SMARTS) is 2. The number of aromatic carboxylic acids is 2. The van der Waals surface area contributed by atoms with Gasteiger partial charge in [-0.15, -0.1) is 0 Å². The molecule has 0 aromatic heterocycles. The third-order valence-corrected chi connectivity index (χ3v) is 2.83. The van der Waals surface area contributed by atoms with Gasteiger partial charge in [0.25, 0.3) is 0 Å². The molecule has 0 aliphatic rings. The molecular formula is C15H10O5-2. The molecule has 0 unspecified atom stereocenters. The predicted molar refractivity (Wildman–Crippen MR) is 67.1 cm³/mol. The molecular weight excluding hydrogens is 260 g/mol. The molecule has 0 saturated heterocycles. The number of hydrogen-bond acceptors (Lipinski definition) is 5. The van der Waals surface area contributed by atoms with E-state index < -0.39 is 11.9 Å². The van der Waals surface area contributed by atoms with Gasteiger partial charge in [0.15, 0.2) is 0 Å². The lowest BCUT2D eigenvalue weighted by molar-refractivity contribution is -0.256. The third-order valence-electron chi connectivity index (χ3n) is 2.83. The maximum Gasteiger partial charge on any atom is 0.120 e. The summed E-state index contributed by atoms with van der Waals surface area (Å²) in [5, 5.41) is 21.6. The number of carbonyl (C=O) groups is 2. The average Bonchev–Trinajstić information content (AvgIpc) is 2.46. The Hall–Kier alpha value is -2.82. The van der Waals surface area contributed by atoms with Crippen molar-refractivity contribution in [2.45, 2.75) is 0 Å². The Labute approximate surface area is 115 Å². The Morgan fingerprint density at radius 3 is 1.95 bits per heavy atom. The topological polar surface area (TPSA) is 89.5 Å². The lowest BCUT2D eigenvalue weighted by Gasteiger charge is -2.10. The van der Waals surface area contributed by atoms with E-state index in [1.807, 2.05) is 0 Å². The molecule has 2 rings (SSSR count). The van der Waals surface area contributed by atoms with Crippen molar-refractivity contribution < 1.29 is 24.5 Å². The number of ether oxygens (including phenoxy) is 1. The second kappa shape index (κ2) is 5.44. The summed E-state index contributed by atoms with van der Waals surface area (Å²) in [6.07, 6.45) is 0. The molecule has 2 aromatic carbocycles. The minimum absolute atomic E-state index is 0.0108. The van der Waals surface area contributed by atoms with E-state index >= 15 is 0 Å². The molecule has 0 radical (unpaired) electrons. The molecule has 20 heavy (non-hydrogen) atoms. The van der Waals surface area contributed by atoms with Gasteiger partial charge in [0.05, 0.1) is 19.0 Å². The molecule has 0 atom stereocenters. The zero-order valence-corrected chi connectivity index (χ0v) is 10.6. The van der Waals surface area contributed by atoms with Crippen LogP contribution in [0.2, 0.25) is 0 Å². The number of methoxy groups -OCH3 is 1. The molecule has 0 heterocycles. The van der Waals surface area contributed by atoms with Gasteiger partial charge in [0, 0.05) is 5.56 Å². The fourth-order valence-corrected chi connectivity index (χ4v) is 1.80. The molecule has 102 valence electrons. The molecule has 2 aromatic rings. The summed E-state index contributed by atoms with van der Waals surface area (Å²) in [6, 6.07) is 10.4. The summed E-state index contributed by atoms with van der Waals surface area (Å²) in [4.78, 5) is 21.6. The maximum atomic E-state index is 10.9. The average molecular weight is 270 g/mol. The summed E-state index contributed by atoms with van der Waals surface area (Å²) >= 11 is 0. The first-order valence-corrected chi connectivity index (χ1v) is 5.73. The van der Waals surface area contributed by atoms with Crippen LogP contribution in [-0.4, -0.2) is 19.0 Å². The second-order valence-corrected chi connectivity index (χ2v) is 4.10. The van der Waals surface area contributed by atoms with Crippen LogP contribution < -0.4 is 14.9 Å². The van der Waals surface area contributed by atoms with E-state index in [9.17, 15) is 19.8 Å². The summed E-state index contributed by atoms with van der Waals surface area (Å²) in [5.74, 6) is -2.19. The van der Waals surface area contributed by atoms with E-state index in [1.165, 1.54) is 31.4 Å². The molecule has 0 spiro atoms. The van der Waals surface area contributed by atoms with Crippen LogP contribution in [0.25, 0.3) is 11.1 Å². The van der Waals surface area contributed by atoms with Crippen molar-refractivity contribution in [3.8, 4) is 16.9 Å². The first kappa shape index (κ1) is 13.6. The van der Waals surface area contributed by atoms with Gasteiger partial charge in [0.1, 0.15) is 5.75 Å². The maximum absolute atomic E-state index is 10.9. The smallest absolute Gasteiger partial charge is 0.120 e. The number of benzene rings is 2. The van der Waals surface area contributed by atoms with Crippen molar-refractivity contribution in [2.75, 3.05) is 7.11 Å². The zero-order chi connectivity index (χ0) is 14.7. The molecule has 5 heteroatoms. The van der Waals surface area contributed by atoms with E-state index in [1.54, 1.807) is 18.2 Å². The number of rotatable bonds is 4. The highest BCUT2D eigenvalue weighted by molar-refractivity contribution is 5.89. The quantitative estimate of drug-likeness (QED) is 0.785. The summed E-state index contributed by atoms with van der Waals surface area (Å²) in [5.41, 5.74) is 1.30. The summed E-state index contributed by atoms with van der Waals surface area (Å²) < 4.78 is 5.03. The number of carbonyl (C=O) groups excluding carboxylic acids is 2. The zero-order valence-electron chi connectivity index (χ0n) is 10.6. The van der Waals surface area contributed by atoms with Crippen LogP contribution in [-0.2, 0) is 0 Å². The van der Waals surface area contributed by atoms with Crippen LogP contribution in [0, 0.1) is 0 Å². The normalized spacial score (nSPS) is 10.1. The molecule has 0 saturated carbocycles. The molecule has 0 fully saturated rings. The van der Waals surface area contributed by atoms with E-state index in [0.717, 1.165) is 0 Å². The van der Waals surface area contributed by atoms with E-state index in [4.69, 9.17) is 4.74 Å². The molecule has 0 amide bonds. The van der Waals surface area contributed by atoms with Crippen LogP contribution in [0.15, 0.2) is 42.5 Å². The van der Waals surface area contributed by atoms with Crippen molar-refractivity contribution in [3.63, 3.8) is 0 Å². The largest absolute Gasteiger partial charge is 0.545 e. The fourth-order valence-electron chi connectivity index (χ4n) is 1.80. The minimum Gasteiger partial charge on any atom is -0.545 e. The predicted octanol–water partition coefficient (Wildman–Crippen LogP) is 0.0892. The van der Waals surface area contributed by atoms with Crippen molar-refractivity contribution >= 4 is 11.9 Å². The first-order valence-electron chi connectivity index (χ1n) is 5.73. The minimum atomic E-state index is -1.31. The Balaban J connectivity index is 2.48. The Kier molecular flexibility index (Phi) is 3.70. The van der Waals surface area contributed by atoms with Crippen molar-refractivity contribution in [1.29, 1.82) is 0 Å². The van der Waals surface area contributed by atoms with Crippen molar-refractivity contribution in [1.82, 2.24) is 0 Å². The second-order valence-electron chi connectivity index (χ2n) is 4.10. The standard InChI is InChI=1S/C15H12O5/c1-20-13-7-11(6-12(8-13)15(18)19)9-2-4-10(5-3-9)14(16)17/h2-8H,1H3,(H,16,17)(H,18,19)/p-2. The molecule has 0 bridgehead atoms. The highest BCUT2D eigenvalue weighted by Crippen LogP contribution is 2.26. The van der Waals surface area contributed by atoms with Gasteiger partial charge in [-0.3, -0.25) is 0 Å². The van der Waals surface area contributed by atoms with E-state index in [-0.39, 0.29) is 11.1 Å². The van der Waals surface area contributed by atoms with Crippen LogP contribution in [0.4, 0.5) is 0 Å². The van der Waals surface area contributed by atoms with Gasteiger partial charge in [-0.2, -0.15) is 0 Å². The monoisotopic (exact) mass is 270 g/mol.